The Morgan fingerprint density at radius 2 is 1.87 bits per heavy atom. The van der Waals surface area contributed by atoms with Gasteiger partial charge < -0.3 is 15.5 Å². The first-order valence-corrected chi connectivity index (χ1v) is 12.3. The number of nitrogens with one attached hydrogen (secondary N) is 2. The van der Waals surface area contributed by atoms with Crippen LogP contribution in [0.15, 0.2) is 24.5 Å². The number of fused-ring (bicyclic) bond motifs is 2. The van der Waals surface area contributed by atoms with Crippen LogP contribution < -0.4 is 10.6 Å². The number of carbonyl (C=O) groups excluding carboxylic acids is 3. The van der Waals surface area contributed by atoms with Crippen molar-refractivity contribution in [3.05, 3.63) is 35.7 Å². The SMILES string of the molecule is C#Cc1cccn2ncc(C(C#N)NC=O)c12.CC(C)C.CC1(C)C2CN(C(=O)CNC(=O)C(F)(F)F)C[C@H]21. The molecule has 0 spiro atoms. The van der Waals surface area contributed by atoms with Gasteiger partial charge in [0.25, 0.3) is 0 Å². The molecule has 2 aromatic heterocycles. The Bertz CT molecular complexity index is 1260. The predicted octanol–water partition coefficient (Wildman–Crippen LogP) is 3.07. The quantitative estimate of drug-likeness (QED) is 0.441. The third-order valence-corrected chi connectivity index (χ3v) is 6.53. The van der Waals surface area contributed by atoms with Crippen molar-refractivity contribution in [2.75, 3.05) is 19.6 Å². The first-order chi connectivity index (χ1) is 18.2. The van der Waals surface area contributed by atoms with E-state index in [1.807, 2.05) is 6.07 Å². The largest absolute Gasteiger partial charge is 0.471 e. The van der Waals surface area contributed by atoms with E-state index < -0.39 is 30.6 Å². The first kappa shape index (κ1) is 31.2. The van der Waals surface area contributed by atoms with Crippen LogP contribution in [-0.2, 0) is 14.4 Å². The highest BCUT2D eigenvalue weighted by Crippen LogP contribution is 2.61. The molecule has 3 heterocycles. The van der Waals surface area contributed by atoms with E-state index in [2.05, 4.69) is 51.0 Å². The minimum atomic E-state index is -4.94. The molecular weight excluding hydrogens is 513 g/mol. The minimum absolute atomic E-state index is 0.242. The third kappa shape index (κ3) is 7.73. The number of hydrogen-bond donors (Lipinski definition) is 2. The number of aromatic nitrogens is 2. The van der Waals surface area contributed by atoms with Crippen LogP contribution in [0.1, 0.15) is 51.8 Å². The molecule has 4 rings (SSSR count). The molecule has 210 valence electrons. The number of alkyl halides is 3. The number of hydrogen-bond acceptors (Lipinski definition) is 5. The van der Waals surface area contributed by atoms with Crippen molar-refractivity contribution in [2.45, 2.75) is 46.8 Å². The molecule has 2 aliphatic rings. The molecule has 0 aromatic carbocycles. The second-order valence-electron chi connectivity index (χ2n) is 10.6. The summed E-state index contributed by atoms with van der Waals surface area (Å²) < 4.78 is 37.3. The summed E-state index contributed by atoms with van der Waals surface area (Å²) in [6.07, 6.45) is 4.20. The van der Waals surface area contributed by atoms with Crippen LogP contribution in [0.4, 0.5) is 13.2 Å². The number of nitriles is 1. The van der Waals surface area contributed by atoms with Gasteiger partial charge in [0.15, 0.2) is 0 Å². The van der Waals surface area contributed by atoms with E-state index >= 15 is 0 Å². The number of piperidine rings is 1. The molecule has 2 aromatic rings. The number of halogens is 3. The smallest absolute Gasteiger partial charge is 0.341 e. The van der Waals surface area contributed by atoms with Gasteiger partial charge in [-0.25, -0.2) is 4.52 Å². The van der Waals surface area contributed by atoms with Crippen LogP contribution >= 0.6 is 0 Å². The van der Waals surface area contributed by atoms with Crippen LogP contribution in [-0.4, -0.2) is 58.5 Å². The molecule has 2 N–H and O–H groups in total. The first-order valence-electron chi connectivity index (χ1n) is 12.3. The molecule has 3 atom stereocenters. The average molecular weight is 547 g/mol. The third-order valence-electron chi connectivity index (χ3n) is 6.53. The van der Waals surface area contributed by atoms with Crippen molar-refractivity contribution < 1.29 is 27.6 Å². The lowest BCUT2D eigenvalue weighted by atomic mass is 10.1. The van der Waals surface area contributed by atoms with Gasteiger partial charge in [0.2, 0.25) is 12.3 Å². The molecule has 1 saturated heterocycles. The van der Waals surface area contributed by atoms with Crippen molar-refractivity contribution in [2.24, 2.45) is 23.2 Å². The molecule has 1 saturated carbocycles. The van der Waals surface area contributed by atoms with Gasteiger partial charge in [-0.15, -0.1) is 6.42 Å². The van der Waals surface area contributed by atoms with Crippen molar-refractivity contribution in [1.29, 1.82) is 5.26 Å². The molecule has 1 aliphatic heterocycles. The Labute approximate surface area is 225 Å². The summed E-state index contributed by atoms with van der Waals surface area (Å²) in [6.45, 7) is 11.3. The average Bonchev–Trinajstić information content (AvgIpc) is 3.29. The van der Waals surface area contributed by atoms with Gasteiger partial charge in [-0.2, -0.15) is 23.5 Å². The highest BCUT2D eigenvalue weighted by molar-refractivity contribution is 5.87. The van der Waals surface area contributed by atoms with Crippen molar-refractivity contribution in [1.82, 2.24) is 25.1 Å². The number of carbonyl (C=O) groups is 3. The molecule has 3 amide bonds. The Hall–Kier alpha value is -4.06. The van der Waals surface area contributed by atoms with Gasteiger partial charge in [0, 0.05) is 24.8 Å². The molecule has 12 heteroatoms. The number of rotatable bonds is 5. The van der Waals surface area contributed by atoms with Crippen LogP contribution in [0.2, 0.25) is 0 Å². The number of likely N-dealkylation sites (tertiary alicyclic amines) is 1. The zero-order valence-electron chi connectivity index (χ0n) is 22.5. The Morgan fingerprint density at radius 3 is 2.36 bits per heavy atom. The van der Waals surface area contributed by atoms with E-state index in [-0.39, 0.29) is 5.41 Å². The molecule has 0 bridgehead atoms. The lowest BCUT2D eigenvalue weighted by molar-refractivity contribution is -0.174. The summed E-state index contributed by atoms with van der Waals surface area (Å²) in [5, 5.41) is 17.1. The van der Waals surface area contributed by atoms with Gasteiger partial charge in [0.05, 0.1) is 29.9 Å². The number of amides is 3. The minimum Gasteiger partial charge on any atom is -0.341 e. The van der Waals surface area contributed by atoms with E-state index in [0.717, 1.165) is 5.92 Å². The molecule has 9 nitrogen and oxygen atoms in total. The lowest BCUT2D eigenvalue weighted by Crippen LogP contribution is -2.44. The highest BCUT2D eigenvalue weighted by Gasteiger charge is 2.62. The summed E-state index contributed by atoms with van der Waals surface area (Å²) in [4.78, 5) is 34.1. The number of pyridine rings is 1. The van der Waals surface area contributed by atoms with Crippen molar-refractivity contribution in [3.63, 3.8) is 0 Å². The van der Waals surface area contributed by atoms with Crippen molar-refractivity contribution >= 4 is 23.7 Å². The second-order valence-corrected chi connectivity index (χ2v) is 10.6. The Kier molecular flexibility index (Phi) is 10.1. The fraction of sp³-hybridized carbons (Fsp3) is 0.519. The summed E-state index contributed by atoms with van der Waals surface area (Å²) in [5.41, 5.74) is 2.13. The summed E-state index contributed by atoms with van der Waals surface area (Å²) >= 11 is 0. The molecule has 0 radical (unpaired) electrons. The standard InChI is InChI=1S/C12H8N4O.C11H15F3N2O2.C4H10/c1-2-9-4-3-5-16-12(9)10(7-15-16)11(6-13)14-8-17;1-10(2)6-4-16(5-7(6)10)8(17)3-15-9(18)11(12,13)14;1-4(2)3/h1,3-5,7-8,11H,(H,14,17);6-7H,3-5H2,1-2H3,(H,15,18);4H,1-3H3/t;6-,7?;/m.1./s1. The molecule has 1 aliphatic carbocycles. The number of nitrogens with zero attached hydrogens (tertiary/aromatic N) is 4. The van der Waals surface area contributed by atoms with Gasteiger partial charge >= 0.3 is 12.1 Å². The van der Waals surface area contributed by atoms with Crippen LogP contribution in [0.5, 0.6) is 0 Å². The zero-order chi connectivity index (χ0) is 29.5. The molecule has 39 heavy (non-hydrogen) atoms. The Morgan fingerprint density at radius 1 is 1.28 bits per heavy atom. The highest BCUT2D eigenvalue weighted by atomic mass is 19.4. The van der Waals surface area contributed by atoms with Crippen LogP contribution in [0, 0.1) is 46.8 Å². The summed E-state index contributed by atoms with van der Waals surface area (Å²) in [5.74, 6) is 1.74. The number of terminal acetylenes is 1. The van der Waals surface area contributed by atoms with Gasteiger partial charge in [-0.1, -0.05) is 40.5 Å². The molecule has 2 unspecified atom stereocenters. The zero-order valence-corrected chi connectivity index (χ0v) is 22.5. The van der Waals surface area contributed by atoms with E-state index in [1.165, 1.54) is 11.1 Å². The maximum Gasteiger partial charge on any atom is 0.471 e. The lowest BCUT2D eigenvalue weighted by Gasteiger charge is -2.22. The van der Waals surface area contributed by atoms with Crippen LogP contribution in [0.25, 0.3) is 5.52 Å². The monoisotopic (exact) mass is 546 g/mol. The van der Waals surface area contributed by atoms with Gasteiger partial charge in [-0.05, 0) is 35.3 Å². The normalized spacial score (nSPS) is 19.2. The fourth-order valence-electron chi connectivity index (χ4n) is 4.36. The van der Waals surface area contributed by atoms with E-state index in [0.29, 0.717) is 48.0 Å². The van der Waals surface area contributed by atoms with Crippen molar-refractivity contribution in [3.8, 4) is 18.4 Å². The molecular formula is C27H33F3N6O3. The summed E-state index contributed by atoms with van der Waals surface area (Å²) in [7, 11) is 0. The Balaban J connectivity index is 0.000000241. The van der Waals surface area contributed by atoms with E-state index in [9.17, 15) is 27.6 Å². The second kappa shape index (κ2) is 12.7. The van der Waals surface area contributed by atoms with E-state index in [4.69, 9.17) is 11.7 Å². The topological polar surface area (TPSA) is 120 Å². The van der Waals surface area contributed by atoms with Crippen LogP contribution in [0.3, 0.4) is 0 Å². The van der Waals surface area contributed by atoms with Gasteiger partial charge in [-0.3, -0.25) is 14.4 Å². The van der Waals surface area contributed by atoms with E-state index in [1.54, 1.807) is 28.2 Å². The fourth-order valence-corrected chi connectivity index (χ4v) is 4.36. The maximum atomic E-state index is 11.9. The summed E-state index contributed by atoms with van der Waals surface area (Å²) in [6, 6.07) is 4.77. The van der Waals surface area contributed by atoms with Gasteiger partial charge in [0.1, 0.15) is 6.04 Å². The predicted molar refractivity (Wildman–Crippen MR) is 138 cm³/mol. The molecule has 2 fully saturated rings. The maximum absolute atomic E-state index is 11.9.